The maximum atomic E-state index is 13.0. The van der Waals surface area contributed by atoms with E-state index in [4.69, 9.17) is 12.2 Å². The molecule has 4 aromatic rings. The molecule has 0 aliphatic heterocycles. The smallest absolute Gasteiger partial charge is 0.184 e. The van der Waals surface area contributed by atoms with Gasteiger partial charge in [-0.1, -0.05) is 47.4 Å². The summed E-state index contributed by atoms with van der Waals surface area (Å²) in [5.41, 5.74) is 7.30. The Morgan fingerprint density at radius 3 is 2.45 bits per heavy atom. The zero-order valence-corrected chi connectivity index (χ0v) is 20.3. The lowest BCUT2D eigenvalue weighted by atomic mass is 10.1. The maximum Gasteiger partial charge on any atom is 0.184 e. The second kappa shape index (κ2) is 8.94. The van der Waals surface area contributed by atoms with E-state index in [-0.39, 0.29) is 5.78 Å². The number of hydrogen-bond acceptors (Lipinski definition) is 5. The Bertz CT molecular complexity index is 1320. The summed E-state index contributed by atoms with van der Waals surface area (Å²) in [5, 5.41) is 4.59. The average Bonchev–Trinajstić information content (AvgIpc) is 3.28. The summed E-state index contributed by atoms with van der Waals surface area (Å²) in [4.78, 5) is 13.0. The minimum atomic E-state index is 0.0977. The molecule has 4 nitrogen and oxygen atoms in total. The van der Waals surface area contributed by atoms with E-state index in [0.29, 0.717) is 9.71 Å². The molecule has 0 saturated heterocycles. The highest BCUT2D eigenvalue weighted by atomic mass is 32.2. The number of thioether (sulfide) groups is 1. The Morgan fingerprint density at radius 1 is 1.00 bits per heavy atom. The molecule has 0 saturated carbocycles. The van der Waals surface area contributed by atoms with Crippen molar-refractivity contribution in [2.75, 3.05) is 5.75 Å². The fraction of sp³-hybridized carbons (Fsp3) is 0.208. The van der Waals surface area contributed by atoms with Crippen molar-refractivity contribution in [3.63, 3.8) is 0 Å². The summed E-state index contributed by atoms with van der Waals surface area (Å²) in [6, 6.07) is 18.2. The minimum absolute atomic E-state index is 0.0977. The number of aromatic nitrogens is 3. The second-order valence-corrected chi connectivity index (χ2v) is 10.3. The highest BCUT2D eigenvalue weighted by molar-refractivity contribution is 8.01. The van der Waals surface area contributed by atoms with Crippen LogP contribution in [-0.2, 0) is 0 Å². The van der Waals surface area contributed by atoms with Crippen molar-refractivity contribution >= 4 is 41.1 Å². The summed E-state index contributed by atoms with van der Waals surface area (Å²) in [7, 11) is 0. The molecule has 0 radical (unpaired) electrons. The first-order chi connectivity index (χ1) is 14.8. The summed E-state index contributed by atoms with van der Waals surface area (Å²) < 4.78 is 5.37. The molecule has 0 unspecified atom stereocenters. The number of hydrogen-bond donors (Lipinski definition) is 0. The number of Topliss-reactive ketones (excluding diaryl/α,β-unsaturated/α-hetero) is 1. The van der Waals surface area contributed by atoms with Crippen LogP contribution >= 0.6 is 35.3 Å². The summed E-state index contributed by atoms with van der Waals surface area (Å²) in [5.74, 6) is 0.425. The quantitative estimate of drug-likeness (QED) is 0.181. The number of carbonyl (C=O) groups excluding carboxylic acids is 1. The fourth-order valence-electron chi connectivity index (χ4n) is 3.56. The average molecular weight is 466 g/mol. The van der Waals surface area contributed by atoms with Crippen molar-refractivity contribution in [1.29, 1.82) is 0 Å². The van der Waals surface area contributed by atoms with Crippen LogP contribution < -0.4 is 0 Å². The third kappa shape index (κ3) is 4.44. The van der Waals surface area contributed by atoms with Gasteiger partial charge in [0.1, 0.15) is 0 Å². The van der Waals surface area contributed by atoms with Gasteiger partial charge >= 0.3 is 0 Å². The van der Waals surface area contributed by atoms with Crippen molar-refractivity contribution in [2.24, 2.45) is 0 Å². The zero-order valence-electron chi connectivity index (χ0n) is 17.9. The number of ketones is 1. The van der Waals surface area contributed by atoms with Crippen molar-refractivity contribution in [3.8, 4) is 11.4 Å². The molecule has 2 aromatic heterocycles. The minimum Gasteiger partial charge on any atom is -0.318 e. The van der Waals surface area contributed by atoms with Crippen LogP contribution in [0.25, 0.3) is 11.4 Å². The van der Waals surface area contributed by atoms with Crippen LogP contribution in [0.3, 0.4) is 0 Å². The van der Waals surface area contributed by atoms with Crippen LogP contribution in [0.4, 0.5) is 0 Å². The van der Waals surface area contributed by atoms with Crippen LogP contribution in [0, 0.1) is 31.6 Å². The zero-order chi connectivity index (χ0) is 22.1. The molecule has 0 aliphatic carbocycles. The summed E-state index contributed by atoms with van der Waals surface area (Å²) in [6.07, 6.45) is 0. The molecule has 0 spiro atoms. The molecule has 0 fully saturated rings. The van der Waals surface area contributed by atoms with Crippen molar-refractivity contribution in [1.82, 2.24) is 14.3 Å². The van der Waals surface area contributed by atoms with Crippen molar-refractivity contribution < 1.29 is 4.79 Å². The summed E-state index contributed by atoms with van der Waals surface area (Å²) >= 11 is 8.33. The van der Waals surface area contributed by atoms with Gasteiger partial charge in [0.15, 0.2) is 14.1 Å². The molecule has 7 heteroatoms. The highest BCUT2D eigenvalue weighted by Gasteiger charge is 2.18. The topological polar surface area (TPSA) is 39.8 Å². The molecule has 158 valence electrons. The number of rotatable bonds is 6. The Balaban J connectivity index is 1.54. The van der Waals surface area contributed by atoms with Gasteiger partial charge < -0.3 is 4.57 Å². The van der Waals surface area contributed by atoms with Gasteiger partial charge in [0.25, 0.3) is 0 Å². The Kier molecular flexibility index (Phi) is 6.27. The Hall–Kier alpha value is -2.48. The fourth-order valence-corrected chi connectivity index (χ4v) is 5.81. The van der Waals surface area contributed by atoms with Crippen LogP contribution in [0.15, 0.2) is 58.9 Å². The van der Waals surface area contributed by atoms with E-state index in [0.717, 1.165) is 32.7 Å². The van der Waals surface area contributed by atoms with E-state index in [1.54, 1.807) is 4.68 Å². The Labute approximate surface area is 195 Å². The molecule has 0 aliphatic rings. The van der Waals surface area contributed by atoms with Gasteiger partial charge in [0.2, 0.25) is 0 Å². The molecule has 2 aromatic carbocycles. The van der Waals surface area contributed by atoms with Gasteiger partial charge in [0.05, 0.1) is 11.4 Å². The van der Waals surface area contributed by atoms with Gasteiger partial charge in [-0.05, 0) is 81.4 Å². The predicted octanol–water partition coefficient (Wildman–Crippen LogP) is 6.66. The van der Waals surface area contributed by atoms with Crippen LogP contribution in [0.1, 0.15) is 32.9 Å². The number of para-hydroxylation sites is 1. The first-order valence-electron chi connectivity index (χ1n) is 9.93. The summed E-state index contributed by atoms with van der Waals surface area (Å²) in [6.45, 7) is 8.27. The molecule has 0 bridgehead atoms. The lowest BCUT2D eigenvalue weighted by Gasteiger charge is -2.12. The van der Waals surface area contributed by atoms with Gasteiger partial charge in [-0.2, -0.15) is 0 Å². The van der Waals surface area contributed by atoms with Gasteiger partial charge in [0, 0.05) is 22.6 Å². The number of nitrogens with zero attached hydrogens (tertiary/aromatic N) is 3. The first-order valence-corrected chi connectivity index (χ1v) is 12.1. The maximum absolute atomic E-state index is 13.0. The molecular formula is C24H23N3OS3. The monoisotopic (exact) mass is 465 g/mol. The molecule has 0 amide bonds. The molecule has 2 heterocycles. The predicted molar refractivity (Wildman–Crippen MR) is 132 cm³/mol. The molecular weight excluding hydrogens is 442 g/mol. The van der Waals surface area contributed by atoms with Crippen molar-refractivity contribution in [2.45, 2.75) is 32.0 Å². The van der Waals surface area contributed by atoms with Gasteiger partial charge in [-0.15, -0.1) is 5.10 Å². The van der Waals surface area contributed by atoms with E-state index in [1.165, 1.54) is 34.2 Å². The van der Waals surface area contributed by atoms with Crippen LogP contribution in [-0.4, -0.2) is 25.9 Å². The third-order valence-corrected chi connectivity index (χ3v) is 7.70. The number of benzene rings is 2. The van der Waals surface area contributed by atoms with Crippen molar-refractivity contribution in [3.05, 3.63) is 86.6 Å². The molecule has 0 N–H and O–H groups in total. The van der Waals surface area contributed by atoms with E-state index < -0.39 is 0 Å². The van der Waals surface area contributed by atoms with Gasteiger partial charge in [-0.25, -0.2) is 4.68 Å². The number of carbonyl (C=O) groups is 1. The molecule has 31 heavy (non-hydrogen) atoms. The van der Waals surface area contributed by atoms with E-state index >= 15 is 0 Å². The Morgan fingerprint density at radius 2 is 1.74 bits per heavy atom. The van der Waals surface area contributed by atoms with E-state index in [1.807, 2.05) is 50.2 Å². The lowest BCUT2D eigenvalue weighted by molar-refractivity contribution is 0.102. The first kappa shape index (κ1) is 21.7. The lowest BCUT2D eigenvalue weighted by Crippen LogP contribution is -2.06. The third-order valence-electron chi connectivity index (χ3n) is 5.34. The molecule has 4 rings (SSSR count). The van der Waals surface area contributed by atoms with Crippen LogP contribution in [0.5, 0.6) is 0 Å². The largest absolute Gasteiger partial charge is 0.318 e. The normalized spacial score (nSPS) is 11.1. The van der Waals surface area contributed by atoms with Crippen LogP contribution in [0.2, 0.25) is 0 Å². The molecule has 0 atom stereocenters. The van der Waals surface area contributed by atoms with E-state index in [2.05, 4.69) is 41.7 Å². The highest BCUT2D eigenvalue weighted by Crippen LogP contribution is 2.27. The standard InChI is InChI=1S/C24H23N3OS3/c1-15-10-11-20(12-16(15)2)26-17(3)13-21(18(26)4)22(28)14-30-23-25-27(24(29)31-23)19-8-6-5-7-9-19/h5-13H,14H2,1-4H3. The van der Waals surface area contributed by atoms with Gasteiger partial charge in [-0.3, -0.25) is 4.79 Å². The second-order valence-electron chi connectivity index (χ2n) is 7.48. The SMILES string of the molecule is Cc1ccc(-n2c(C)cc(C(=O)CSc3nn(-c4ccccc4)c(=S)s3)c2C)cc1C. The number of aryl methyl sites for hydroxylation is 3. The van der Waals surface area contributed by atoms with E-state index in [9.17, 15) is 4.79 Å².